The van der Waals surface area contributed by atoms with Crippen LogP contribution < -0.4 is 10.0 Å². The Kier molecular flexibility index (Phi) is 7.35. The highest BCUT2D eigenvalue weighted by Gasteiger charge is 2.23. The summed E-state index contributed by atoms with van der Waals surface area (Å²) in [5.74, 6) is -1.40. The molecule has 26 heavy (non-hydrogen) atoms. The Morgan fingerprint density at radius 2 is 1.42 bits per heavy atom. The summed E-state index contributed by atoms with van der Waals surface area (Å²) in [4.78, 5) is 22.7. The first-order valence-corrected chi connectivity index (χ1v) is 9.94. The number of carbonyl (C=O) groups is 2. The molecule has 0 aliphatic heterocycles. The van der Waals surface area contributed by atoms with Crippen LogP contribution in [0.25, 0.3) is 0 Å². The molecule has 0 bridgehead atoms. The predicted octanol–water partition coefficient (Wildman–Crippen LogP) is 1.88. The van der Waals surface area contributed by atoms with E-state index in [-0.39, 0.29) is 24.3 Å². The minimum atomic E-state index is -3.75. The summed E-state index contributed by atoms with van der Waals surface area (Å²) in [6.07, 6.45) is -0.247. The van der Waals surface area contributed by atoms with Gasteiger partial charge in [0.2, 0.25) is 15.9 Å². The predicted molar refractivity (Wildman–Crippen MR) is 99.8 cm³/mol. The molecule has 0 spiro atoms. The molecule has 0 radical (unpaired) electrons. The van der Waals surface area contributed by atoms with E-state index in [1.165, 1.54) is 0 Å². The van der Waals surface area contributed by atoms with Crippen LogP contribution in [0.5, 0.6) is 0 Å². The van der Waals surface area contributed by atoms with Gasteiger partial charge >= 0.3 is 5.97 Å². The van der Waals surface area contributed by atoms with E-state index in [9.17, 15) is 18.0 Å². The maximum absolute atomic E-state index is 12.7. The summed E-state index contributed by atoms with van der Waals surface area (Å²) in [6, 6.07) is -0.511. The number of carboxylic acid groups (broad SMARTS) is 1. The second-order valence-electron chi connectivity index (χ2n) is 6.67. The molecule has 0 fully saturated rings. The van der Waals surface area contributed by atoms with E-state index >= 15 is 0 Å². The Hall–Kier alpha value is -1.93. The third-order valence-electron chi connectivity index (χ3n) is 4.73. The summed E-state index contributed by atoms with van der Waals surface area (Å²) in [5, 5.41) is 11.2. The average molecular weight is 384 g/mol. The highest BCUT2D eigenvalue weighted by atomic mass is 32.2. The first kappa shape index (κ1) is 22.1. The van der Waals surface area contributed by atoms with E-state index in [1.807, 2.05) is 20.8 Å². The quantitative estimate of drug-likeness (QED) is 0.633. The zero-order valence-corrected chi connectivity index (χ0v) is 17.0. The van der Waals surface area contributed by atoms with Crippen molar-refractivity contribution in [1.29, 1.82) is 0 Å². The summed E-state index contributed by atoms with van der Waals surface area (Å²) in [6.45, 7) is 10.9. The average Bonchev–Trinajstić information content (AvgIpc) is 2.49. The number of amides is 1. The van der Waals surface area contributed by atoms with Crippen LogP contribution in [-0.4, -0.2) is 38.0 Å². The van der Waals surface area contributed by atoms with Gasteiger partial charge in [0.1, 0.15) is 0 Å². The van der Waals surface area contributed by atoms with Crippen molar-refractivity contribution in [1.82, 2.24) is 10.0 Å². The fraction of sp³-hybridized carbons (Fsp3) is 0.556. The molecule has 3 N–H and O–H groups in total. The van der Waals surface area contributed by atoms with E-state index in [2.05, 4.69) is 10.0 Å². The lowest BCUT2D eigenvalue weighted by Gasteiger charge is -2.19. The lowest BCUT2D eigenvalue weighted by Crippen LogP contribution is -2.36. The Morgan fingerprint density at radius 3 is 1.88 bits per heavy atom. The SMILES string of the molecule is Cc1c(C)c(C)c(S(=O)(=O)NCCC(=O)NC(C)CC(=O)O)c(C)c1C. The fourth-order valence-corrected chi connectivity index (χ4v) is 4.53. The largest absolute Gasteiger partial charge is 0.481 e. The highest BCUT2D eigenvalue weighted by Crippen LogP contribution is 2.29. The van der Waals surface area contributed by atoms with Crippen LogP contribution >= 0.6 is 0 Å². The molecule has 1 unspecified atom stereocenters. The summed E-state index contributed by atoms with van der Waals surface area (Å²) < 4.78 is 27.9. The van der Waals surface area contributed by atoms with E-state index < -0.39 is 27.9 Å². The molecule has 0 saturated heterocycles. The van der Waals surface area contributed by atoms with Crippen molar-refractivity contribution in [2.45, 2.75) is 65.3 Å². The first-order chi connectivity index (χ1) is 11.9. The Balaban J connectivity index is 2.83. The van der Waals surface area contributed by atoms with Gasteiger partial charge in [-0.1, -0.05) is 0 Å². The minimum Gasteiger partial charge on any atom is -0.481 e. The monoisotopic (exact) mass is 384 g/mol. The molecule has 146 valence electrons. The maximum Gasteiger partial charge on any atom is 0.305 e. The number of nitrogens with one attached hydrogen (secondary N) is 2. The number of hydrogen-bond donors (Lipinski definition) is 3. The molecule has 7 nitrogen and oxygen atoms in total. The molecular weight excluding hydrogens is 356 g/mol. The van der Waals surface area contributed by atoms with Gasteiger partial charge in [-0.05, 0) is 69.4 Å². The van der Waals surface area contributed by atoms with Gasteiger partial charge in [0.25, 0.3) is 0 Å². The molecule has 1 amide bonds. The Morgan fingerprint density at radius 1 is 0.962 bits per heavy atom. The number of carbonyl (C=O) groups excluding carboxylic acids is 1. The van der Waals surface area contributed by atoms with Gasteiger partial charge in [-0.2, -0.15) is 0 Å². The zero-order chi connectivity index (χ0) is 20.2. The normalized spacial score (nSPS) is 12.7. The van der Waals surface area contributed by atoms with Crippen molar-refractivity contribution < 1.29 is 23.1 Å². The van der Waals surface area contributed by atoms with Crippen LogP contribution in [0.1, 0.15) is 47.6 Å². The molecule has 0 heterocycles. The summed E-state index contributed by atoms with van der Waals surface area (Å²) >= 11 is 0. The van der Waals surface area contributed by atoms with Crippen LogP contribution in [0.2, 0.25) is 0 Å². The van der Waals surface area contributed by atoms with E-state index in [4.69, 9.17) is 5.11 Å². The number of benzene rings is 1. The number of hydrogen-bond acceptors (Lipinski definition) is 4. The van der Waals surface area contributed by atoms with Gasteiger partial charge in [0, 0.05) is 19.0 Å². The Labute approximate surface area is 155 Å². The smallest absolute Gasteiger partial charge is 0.305 e. The third kappa shape index (κ3) is 5.28. The summed E-state index contributed by atoms with van der Waals surface area (Å²) in [5.41, 5.74) is 4.36. The van der Waals surface area contributed by atoms with Crippen LogP contribution in [0.4, 0.5) is 0 Å². The molecule has 8 heteroatoms. The Bertz CT molecular complexity index is 786. The van der Waals surface area contributed by atoms with E-state index in [0.717, 1.165) is 16.7 Å². The van der Waals surface area contributed by atoms with Gasteiger partial charge in [-0.3, -0.25) is 9.59 Å². The fourth-order valence-electron chi connectivity index (χ4n) is 2.90. The standard InChI is InChI=1S/C18H28N2O5S/c1-10(9-17(22)23)20-16(21)7-8-19-26(24,25)18-14(5)12(3)11(2)13(4)15(18)6/h10,19H,7-9H2,1-6H3,(H,20,21)(H,22,23). The molecule has 1 atom stereocenters. The summed E-state index contributed by atoms with van der Waals surface area (Å²) in [7, 11) is -3.75. The highest BCUT2D eigenvalue weighted by molar-refractivity contribution is 7.89. The van der Waals surface area contributed by atoms with Gasteiger partial charge < -0.3 is 10.4 Å². The van der Waals surface area contributed by atoms with Gasteiger partial charge in [-0.25, -0.2) is 13.1 Å². The second-order valence-corrected chi connectivity index (χ2v) is 8.37. The van der Waals surface area contributed by atoms with Gasteiger partial charge in [0.05, 0.1) is 11.3 Å². The molecule has 0 saturated carbocycles. The molecular formula is C18H28N2O5S. The topological polar surface area (TPSA) is 113 Å². The number of carboxylic acids is 1. The molecule has 0 aliphatic carbocycles. The van der Waals surface area contributed by atoms with Crippen LogP contribution in [0, 0.1) is 34.6 Å². The van der Waals surface area contributed by atoms with E-state index in [0.29, 0.717) is 11.1 Å². The number of sulfonamides is 1. The van der Waals surface area contributed by atoms with Crippen LogP contribution in [0.15, 0.2) is 4.90 Å². The maximum atomic E-state index is 12.7. The first-order valence-electron chi connectivity index (χ1n) is 8.46. The number of rotatable bonds is 8. The van der Waals surface area contributed by atoms with Crippen molar-refractivity contribution in [3.8, 4) is 0 Å². The molecule has 1 aromatic carbocycles. The number of aliphatic carboxylic acids is 1. The lowest BCUT2D eigenvalue weighted by molar-refractivity contribution is -0.137. The van der Waals surface area contributed by atoms with Crippen molar-refractivity contribution in [2.24, 2.45) is 0 Å². The van der Waals surface area contributed by atoms with Crippen molar-refractivity contribution >= 4 is 21.9 Å². The third-order valence-corrected chi connectivity index (χ3v) is 6.47. The van der Waals surface area contributed by atoms with Crippen LogP contribution in [0.3, 0.4) is 0 Å². The molecule has 1 aromatic rings. The van der Waals surface area contributed by atoms with Gasteiger partial charge in [0.15, 0.2) is 0 Å². The molecule has 0 aromatic heterocycles. The van der Waals surface area contributed by atoms with E-state index in [1.54, 1.807) is 20.8 Å². The minimum absolute atomic E-state index is 0.0567. The zero-order valence-electron chi connectivity index (χ0n) is 16.2. The van der Waals surface area contributed by atoms with Gasteiger partial charge in [-0.15, -0.1) is 0 Å². The van der Waals surface area contributed by atoms with Crippen molar-refractivity contribution in [2.75, 3.05) is 6.54 Å². The van der Waals surface area contributed by atoms with Crippen molar-refractivity contribution in [3.05, 3.63) is 27.8 Å². The second kappa shape index (κ2) is 8.64. The molecule has 1 rings (SSSR count). The molecule has 0 aliphatic rings. The lowest BCUT2D eigenvalue weighted by atomic mass is 9.95. The van der Waals surface area contributed by atoms with Crippen LogP contribution in [-0.2, 0) is 19.6 Å². The van der Waals surface area contributed by atoms with Crippen molar-refractivity contribution in [3.63, 3.8) is 0 Å².